The van der Waals surface area contributed by atoms with Gasteiger partial charge in [-0.25, -0.2) is 4.79 Å². The Labute approximate surface area is 203 Å². The number of hydrogen-bond donors (Lipinski definition) is 2. The molecule has 2 aromatic heterocycles. The molecule has 1 aliphatic rings. The van der Waals surface area contributed by atoms with Crippen molar-refractivity contribution in [1.29, 1.82) is 5.26 Å². The number of anilines is 1. The van der Waals surface area contributed by atoms with Gasteiger partial charge in [-0.05, 0) is 36.8 Å². The van der Waals surface area contributed by atoms with Crippen molar-refractivity contribution in [2.45, 2.75) is 52.2 Å². The summed E-state index contributed by atoms with van der Waals surface area (Å²) in [5.41, 5.74) is 3.08. The first-order valence-electron chi connectivity index (χ1n) is 11.0. The molecule has 2 heterocycles. The summed E-state index contributed by atoms with van der Waals surface area (Å²) in [5, 5.41) is 19.6. The second-order valence-electron chi connectivity index (χ2n) is 8.14. The number of carbonyl (C=O) groups is 2. The molecule has 2 atom stereocenters. The first kappa shape index (κ1) is 25.0. The van der Waals surface area contributed by atoms with E-state index in [-0.39, 0.29) is 30.9 Å². The summed E-state index contributed by atoms with van der Waals surface area (Å²) in [7, 11) is 0. The molecular weight excluding hydrogens is 452 g/mol. The Hall–Kier alpha value is -3.64. The van der Waals surface area contributed by atoms with Crippen LogP contribution in [0.3, 0.4) is 0 Å². The highest BCUT2D eigenvalue weighted by Gasteiger charge is 2.28. The molecule has 0 aliphatic heterocycles. The van der Waals surface area contributed by atoms with Crippen molar-refractivity contribution < 1.29 is 18.8 Å². The number of nitrogens with one attached hydrogen (secondary N) is 2. The molecule has 2 aromatic rings. The highest BCUT2D eigenvalue weighted by Crippen LogP contribution is 2.38. The van der Waals surface area contributed by atoms with Gasteiger partial charge in [-0.1, -0.05) is 43.5 Å². The monoisotopic (exact) mass is 480 g/mol. The maximum Gasteiger partial charge on any atom is 0.407 e. The van der Waals surface area contributed by atoms with E-state index in [0.717, 1.165) is 21.7 Å². The Kier molecular flexibility index (Phi) is 8.44. The Morgan fingerprint density at radius 1 is 1.47 bits per heavy atom. The number of nitrogens with zero attached hydrogens (tertiary/aromatic N) is 2. The fraction of sp³-hybridized carbons (Fsp3) is 0.360. The first-order valence-corrected chi connectivity index (χ1v) is 11.8. The maximum atomic E-state index is 12.6. The van der Waals surface area contributed by atoms with Gasteiger partial charge in [0.25, 0.3) is 0 Å². The zero-order valence-corrected chi connectivity index (χ0v) is 20.2. The Balaban J connectivity index is 1.59. The maximum absolute atomic E-state index is 12.6. The third-order valence-electron chi connectivity index (χ3n) is 5.55. The normalized spacial score (nSPS) is 16.0. The largest absolute Gasteiger partial charge is 0.446 e. The van der Waals surface area contributed by atoms with Crippen molar-refractivity contribution in [2.75, 3.05) is 5.32 Å². The molecule has 8 nitrogen and oxygen atoms in total. The van der Waals surface area contributed by atoms with Crippen LogP contribution in [0.2, 0.25) is 0 Å². The Morgan fingerprint density at radius 2 is 2.26 bits per heavy atom. The van der Waals surface area contributed by atoms with E-state index in [2.05, 4.69) is 35.0 Å². The predicted octanol–water partition coefficient (Wildman–Crippen LogP) is 4.96. The summed E-state index contributed by atoms with van der Waals surface area (Å²) in [5.74, 6) is 0.342. The van der Waals surface area contributed by atoms with Gasteiger partial charge >= 0.3 is 6.09 Å². The fourth-order valence-electron chi connectivity index (χ4n) is 3.86. The SMILES string of the molecule is C=C/C=C(\C=C)C(C)CC(=O)Nc1sc2c(c1C#N)CCC(OC(=O)NCc1cc(C)no1)C2. The number of aromatic nitrogens is 1. The summed E-state index contributed by atoms with van der Waals surface area (Å²) in [6.45, 7) is 11.4. The lowest BCUT2D eigenvalue weighted by Gasteiger charge is -2.22. The van der Waals surface area contributed by atoms with Gasteiger partial charge in [0, 0.05) is 23.8 Å². The minimum atomic E-state index is -0.535. The second kappa shape index (κ2) is 11.5. The average molecular weight is 481 g/mol. The molecule has 0 saturated carbocycles. The number of nitriles is 1. The summed E-state index contributed by atoms with van der Waals surface area (Å²) in [4.78, 5) is 25.8. The van der Waals surface area contributed by atoms with Crippen LogP contribution in [-0.2, 0) is 28.9 Å². The van der Waals surface area contributed by atoms with Crippen LogP contribution < -0.4 is 10.6 Å². The molecule has 2 amide bonds. The van der Waals surface area contributed by atoms with Crippen molar-refractivity contribution in [2.24, 2.45) is 5.92 Å². The van der Waals surface area contributed by atoms with E-state index in [9.17, 15) is 14.9 Å². The minimum absolute atomic E-state index is 0.0345. The quantitative estimate of drug-likeness (QED) is 0.490. The van der Waals surface area contributed by atoms with Crippen LogP contribution in [0, 0.1) is 24.2 Å². The standard InChI is InChI=1S/C25H28N4O4S/c1-5-7-17(6-2)15(3)10-23(30)28-24-21(13-26)20-9-8-18(12-22(20)34-24)32-25(31)27-14-19-11-16(4)29-33-19/h5-7,11,15,18H,1-2,8-10,12,14H2,3-4H3,(H,27,31)(H,28,30)/b17-7+. The predicted molar refractivity (Wildman–Crippen MR) is 130 cm³/mol. The Morgan fingerprint density at radius 3 is 2.91 bits per heavy atom. The van der Waals surface area contributed by atoms with Gasteiger partial charge in [0.2, 0.25) is 5.91 Å². The number of amides is 2. The molecule has 0 spiro atoms. The molecular formula is C25H28N4O4S. The zero-order valence-electron chi connectivity index (χ0n) is 19.3. The van der Waals surface area contributed by atoms with Gasteiger partial charge in [-0.3, -0.25) is 4.79 Å². The van der Waals surface area contributed by atoms with E-state index >= 15 is 0 Å². The van der Waals surface area contributed by atoms with Crippen LogP contribution in [-0.4, -0.2) is 23.3 Å². The second-order valence-corrected chi connectivity index (χ2v) is 9.24. The van der Waals surface area contributed by atoms with Crippen molar-refractivity contribution in [3.8, 4) is 6.07 Å². The molecule has 178 valence electrons. The van der Waals surface area contributed by atoms with E-state index in [1.807, 2.05) is 13.0 Å². The molecule has 0 saturated heterocycles. The molecule has 0 fully saturated rings. The lowest BCUT2D eigenvalue weighted by molar-refractivity contribution is -0.116. The van der Waals surface area contributed by atoms with E-state index in [1.54, 1.807) is 25.1 Å². The summed E-state index contributed by atoms with van der Waals surface area (Å²) >= 11 is 1.37. The number of aryl methyl sites for hydroxylation is 1. The molecule has 9 heteroatoms. The Bertz CT molecular complexity index is 1150. The summed E-state index contributed by atoms with van der Waals surface area (Å²) < 4.78 is 10.6. The van der Waals surface area contributed by atoms with Gasteiger partial charge in [0.05, 0.1) is 17.8 Å². The number of thiophene rings is 1. The number of ether oxygens (including phenoxy) is 1. The van der Waals surface area contributed by atoms with Crippen LogP contribution in [0.15, 0.2) is 47.5 Å². The zero-order chi connectivity index (χ0) is 24.7. The lowest BCUT2D eigenvalue weighted by Crippen LogP contribution is -2.31. The highest BCUT2D eigenvalue weighted by molar-refractivity contribution is 7.16. The van der Waals surface area contributed by atoms with E-state index in [1.165, 1.54) is 11.3 Å². The van der Waals surface area contributed by atoms with Crippen LogP contribution in [0.5, 0.6) is 0 Å². The smallest absolute Gasteiger partial charge is 0.407 e. The third kappa shape index (κ3) is 6.23. The van der Waals surface area contributed by atoms with Crippen LogP contribution in [0.25, 0.3) is 0 Å². The van der Waals surface area contributed by atoms with Gasteiger partial charge in [-0.15, -0.1) is 11.3 Å². The van der Waals surface area contributed by atoms with Crippen LogP contribution in [0.4, 0.5) is 9.80 Å². The van der Waals surface area contributed by atoms with Crippen LogP contribution in [0.1, 0.15) is 47.2 Å². The molecule has 0 aromatic carbocycles. The molecule has 3 rings (SSSR count). The van der Waals surface area contributed by atoms with E-state index in [4.69, 9.17) is 9.26 Å². The first-order chi connectivity index (χ1) is 16.3. The van der Waals surface area contributed by atoms with Gasteiger partial charge in [0.15, 0.2) is 5.76 Å². The van der Waals surface area contributed by atoms with Gasteiger partial charge in [0.1, 0.15) is 17.2 Å². The minimum Gasteiger partial charge on any atom is -0.446 e. The van der Waals surface area contributed by atoms with Gasteiger partial charge in [-0.2, -0.15) is 5.26 Å². The molecule has 34 heavy (non-hydrogen) atoms. The molecule has 1 aliphatic carbocycles. The number of alkyl carbamates (subject to hydrolysis) is 1. The molecule has 0 bridgehead atoms. The van der Waals surface area contributed by atoms with Crippen molar-refractivity contribution in [3.63, 3.8) is 0 Å². The number of rotatable bonds is 9. The highest BCUT2D eigenvalue weighted by atomic mass is 32.1. The third-order valence-corrected chi connectivity index (χ3v) is 6.72. The summed E-state index contributed by atoms with van der Waals surface area (Å²) in [6, 6.07) is 3.97. The fourth-order valence-corrected chi connectivity index (χ4v) is 5.14. The van der Waals surface area contributed by atoms with Crippen molar-refractivity contribution in [3.05, 3.63) is 70.5 Å². The molecule has 2 N–H and O–H groups in total. The number of hydrogen-bond acceptors (Lipinski definition) is 7. The van der Waals surface area contributed by atoms with Crippen molar-refractivity contribution in [1.82, 2.24) is 10.5 Å². The lowest BCUT2D eigenvalue weighted by atomic mass is 9.93. The number of carbonyl (C=O) groups excluding carboxylic acids is 2. The molecule has 0 radical (unpaired) electrons. The number of fused-ring (bicyclic) bond motifs is 1. The summed E-state index contributed by atoms with van der Waals surface area (Å²) in [6.07, 6.45) is 6.33. The van der Waals surface area contributed by atoms with E-state index < -0.39 is 6.09 Å². The molecule has 2 unspecified atom stereocenters. The number of allylic oxidation sites excluding steroid dienone is 4. The van der Waals surface area contributed by atoms with Crippen molar-refractivity contribution >= 4 is 28.3 Å². The van der Waals surface area contributed by atoms with Crippen LogP contribution >= 0.6 is 11.3 Å². The van der Waals surface area contributed by atoms with E-state index in [0.29, 0.717) is 35.6 Å². The van der Waals surface area contributed by atoms with Gasteiger partial charge < -0.3 is 19.9 Å². The average Bonchev–Trinajstić information content (AvgIpc) is 3.37. The topological polar surface area (TPSA) is 117 Å².